The molecule has 0 bridgehead atoms. The zero-order valence-corrected chi connectivity index (χ0v) is 16.3. The van der Waals surface area contributed by atoms with Gasteiger partial charge in [-0.15, -0.1) is 24.0 Å². The van der Waals surface area contributed by atoms with Crippen molar-refractivity contribution in [1.29, 1.82) is 0 Å². The molecule has 0 saturated carbocycles. The summed E-state index contributed by atoms with van der Waals surface area (Å²) in [5.74, 6) is 1.52. The van der Waals surface area contributed by atoms with E-state index in [0.717, 1.165) is 12.2 Å². The van der Waals surface area contributed by atoms with Crippen LogP contribution < -0.4 is 10.6 Å². The van der Waals surface area contributed by atoms with Crippen LogP contribution in [0.1, 0.15) is 26.5 Å². The molecule has 1 aromatic heterocycles. The maximum absolute atomic E-state index is 11.6. The normalized spacial score (nSPS) is 11.6. The Hall–Kier alpha value is -1.25. The van der Waals surface area contributed by atoms with E-state index in [2.05, 4.69) is 15.6 Å². The first-order valence-electron chi connectivity index (χ1n) is 7.07. The number of carbonyl (C=O) groups excluding carboxylic acids is 1. The van der Waals surface area contributed by atoms with Gasteiger partial charge in [-0.1, -0.05) is 0 Å². The third-order valence-electron chi connectivity index (χ3n) is 2.61. The van der Waals surface area contributed by atoms with E-state index in [1.54, 1.807) is 20.4 Å². The molecule has 0 atom stereocenters. The zero-order valence-electron chi connectivity index (χ0n) is 14.0. The van der Waals surface area contributed by atoms with Gasteiger partial charge < -0.3 is 20.0 Å². The van der Waals surface area contributed by atoms with Crippen molar-refractivity contribution >= 4 is 35.8 Å². The van der Waals surface area contributed by atoms with Crippen molar-refractivity contribution in [1.82, 2.24) is 15.5 Å². The number of hydrogen-bond donors (Lipinski definition) is 2. The first-order chi connectivity index (χ1) is 9.78. The molecular weight excluding hydrogens is 395 g/mol. The number of carbonyl (C=O) groups is 1. The van der Waals surface area contributed by atoms with Crippen molar-refractivity contribution in [3.8, 4) is 0 Å². The summed E-state index contributed by atoms with van der Waals surface area (Å²) in [7, 11) is 3.44. The Balaban J connectivity index is 0.00000441. The lowest BCUT2D eigenvalue weighted by Gasteiger charge is -2.24. The van der Waals surface area contributed by atoms with Gasteiger partial charge in [0.05, 0.1) is 6.26 Å². The van der Waals surface area contributed by atoms with Crippen LogP contribution in [0.15, 0.2) is 27.8 Å². The second-order valence-corrected chi connectivity index (χ2v) is 6.08. The molecule has 0 radical (unpaired) electrons. The third-order valence-corrected chi connectivity index (χ3v) is 2.61. The highest BCUT2D eigenvalue weighted by Gasteiger charge is 2.13. The Kier molecular flexibility index (Phi) is 9.15. The van der Waals surface area contributed by atoms with Gasteiger partial charge in [-0.25, -0.2) is 4.99 Å². The Bertz CT molecular complexity index is 464. The number of rotatable bonds is 5. The van der Waals surface area contributed by atoms with E-state index in [9.17, 15) is 4.79 Å². The van der Waals surface area contributed by atoms with E-state index in [1.165, 1.54) is 4.90 Å². The Morgan fingerprint density at radius 1 is 1.36 bits per heavy atom. The van der Waals surface area contributed by atoms with E-state index < -0.39 is 0 Å². The highest BCUT2D eigenvalue weighted by Crippen LogP contribution is 2.00. The molecule has 0 spiro atoms. The summed E-state index contributed by atoms with van der Waals surface area (Å²) in [5.41, 5.74) is -0.127. The van der Waals surface area contributed by atoms with Gasteiger partial charge in [0.1, 0.15) is 12.3 Å². The standard InChI is InChI=1S/C15H26N4O2.HI/c1-15(2,3)18-14(17-11-13(20)19(4)5)16-9-8-12-7-6-10-21-12;/h6-7,10H,8-9,11H2,1-5H3,(H2,16,17,18);1H. The van der Waals surface area contributed by atoms with Crippen LogP contribution in [0.2, 0.25) is 0 Å². The number of likely N-dealkylation sites (N-methyl/N-ethyl adjacent to an activating group) is 1. The number of furan rings is 1. The van der Waals surface area contributed by atoms with Crippen LogP contribution in [0.25, 0.3) is 0 Å². The molecule has 22 heavy (non-hydrogen) atoms. The topological polar surface area (TPSA) is 69.9 Å². The second kappa shape index (κ2) is 9.70. The summed E-state index contributed by atoms with van der Waals surface area (Å²) in [5, 5.41) is 6.49. The minimum absolute atomic E-state index is 0. The van der Waals surface area contributed by atoms with Crippen molar-refractivity contribution in [3.05, 3.63) is 24.2 Å². The molecule has 2 N–H and O–H groups in total. The molecule has 0 fully saturated rings. The van der Waals surface area contributed by atoms with Crippen LogP contribution in [0.5, 0.6) is 0 Å². The third kappa shape index (κ3) is 8.91. The average molecular weight is 422 g/mol. The Labute approximate surface area is 149 Å². The maximum atomic E-state index is 11.6. The van der Waals surface area contributed by atoms with Gasteiger partial charge in [0.25, 0.3) is 0 Å². The second-order valence-electron chi connectivity index (χ2n) is 6.08. The number of hydrogen-bond acceptors (Lipinski definition) is 3. The van der Waals surface area contributed by atoms with E-state index in [1.807, 2.05) is 32.9 Å². The van der Waals surface area contributed by atoms with Crippen LogP contribution in [0, 0.1) is 0 Å². The molecule has 0 saturated heterocycles. The summed E-state index contributed by atoms with van der Waals surface area (Å²) >= 11 is 0. The van der Waals surface area contributed by atoms with Crippen molar-refractivity contribution < 1.29 is 9.21 Å². The van der Waals surface area contributed by atoms with E-state index >= 15 is 0 Å². The Morgan fingerprint density at radius 3 is 2.55 bits per heavy atom. The molecule has 0 aliphatic heterocycles. The molecule has 126 valence electrons. The number of nitrogens with zero attached hydrogens (tertiary/aromatic N) is 2. The van der Waals surface area contributed by atoms with Gasteiger partial charge in [0.2, 0.25) is 5.91 Å². The van der Waals surface area contributed by atoms with Crippen molar-refractivity contribution in [2.75, 3.05) is 27.2 Å². The molecular formula is C15H27IN4O2. The lowest BCUT2D eigenvalue weighted by atomic mass is 10.1. The largest absolute Gasteiger partial charge is 0.469 e. The van der Waals surface area contributed by atoms with Crippen molar-refractivity contribution in [3.63, 3.8) is 0 Å². The minimum atomic E-state index is -0.127. The van der Waals surface area contributed by atoms with E-state index in [0.29, 0.717) is 12.5 Å². The quantitative estimate of drug-likeness (QED) is 0.432. The van der Waals surface area contributed by atoms with Crippen molar-refractivity contribution in [2.24, 2.45) is 4.99 Å². The average Bonchev–Trinajstić information content (AvgIpc) is 2.86. The summed E-state index contributed by atoms with van der Waals surface area (Å²) in [6, 6.07) is 3.80. The maximum Gasteiger partial charge on any atom is 0.243 e. The van der Waals surface area contributed by atoms with Gasteiger partial charge in [-0.3, -0.25) is 4.79 Å². The minimum Gasteiger partial charge on any atom is -0.469 e. The van der Waals surface area contributed by atoms with E-state index in [4.69, 9.17) is 4.42 Å². The number of guanidine groups is 1. The zero-order chi connectivity index (χ0) is 15.9. The van der Waals surface area contributed by atoms with Gasteiger partial charge in [0, 0.05) is 32.6 Å². The Morgan fingerprint density at radius 2 is 2.05 bits per heavy atom. The lowest BCUT2D eigenvalue weighted by molar-refractivity contribution is -0.127. The molecule has 0 aliphatic carbocycles. The molecule has 0 unspecified atom stereocenters. The lowest BCUT2D eigenvalue weighted by Crippen LogP contribution is -2.48. The van der Waals surface area contributed by atoms with Gasteiger partial charge >= 0.3 is 0 Å². The summed E-state index contributed by atoms with van der Waals surface area (Å²) in [6.45, 7) is 6.95. The smallest absolute Gasteiger partial charge is 0.243 e. The van der Waals surface area contributed by atoms with Crippen LogP contribution in [-0.2, 0) is 11.2 Å². The SMILES string of the molecule is CN(C)C(=O)CN=C(NCCc1ccco1)NC(C)(C)C.I. The first kappa shape index (κ1) is 20.8. The fraction of sp³-hybridized carbons (Fsp3) is 0.600. The number of aliphatic imine (C=N–C) groups is 1. The summed E-state index contributed by atoms with van der Waals surface area (Å²) in [6.07, 6.45) is 2.42. The molecule has 1 aromatic rings. The van der Waals surface area contributed by atoms with Crippen molar-refractivity contribution in [2.45, 2.75) is 32.7 Å². The molecule has 0 aromatic carbocycles. The van der Waals surface area contributed by atoms with Gasteiger partial charge in [-0.2, -0.15) is 0 Å². The number of amides is 1. The first-order valence-corrected chi connectivity index (χ1v) is 7.07. The monoisotopic (exact) mass is 422 g/mol. The summed E-state index contributed by atoms with van der Waals surface area (Å²) < 4.78 is 5.28. The predicted molar refractivity (Wildman–Crippen MR) is 99.7 cm³/mol. The molecule has 1 rings (SSSR count). The van der Waals surface area contributed by atoms with E-state index in [-0.39, 0.29) is 42.0 Å². The molecule has 7 heteroatoms. The fourth-order valence-corrected chi connectivity index (χ4v) is 1.54. The van der Waals surface area contributed by atoms with Crippen LogP contribution in [0.4, 0.5) is 0 Å². The molecule has 6 nitrogen and oxygen atoms in total. The number of nitrogens with one attached hydrogen (secondary N) is 2. The fourth-order valence-electron chi connectivity index (χ4n) is 1.54. The molecule has 1 amide bonds. The van der Waals surface area contributed by atoms with Crippen LogP contribution in [-0.4, -0.2) is 49.5 Å². The van der Waals surface area contributed by atoms with Gasteiger partial charge in [0.15, 0.2) is 5.96 Å². The molecule has 1 heterocycles. The molecule has 0 aliphatic rings. The highest BCUT2D eigenvalue weighted by molar-refractivity contribution is 14.0. The van der Waals surface area contributed by atoms with Crippen LogP contribution >= 0.6 is 24.0 Å². The number of halogens is 1. The predicted octanol–water partition coefficient (Wildman–Crippen LogP) is 1.86. The van der Waals surface area contributed by atoms with Crippen LogP contribution in [0.3, 0.4) is 0 Å². The van der Waals surface area contributed by atoms with Gasteiger partial charge in [-0.05, 0) is 32.9 Å². The summed E-state index contributed by atoms with van der Waals surface area (Å²) in [4.78, 5) is 17.5. The highest BCUT2D eigenvalue weighted by atomic mass is 127.